The Bertz CT molecular complexity index is 521. The highest BCUT2D eigenvalue weighted by Crippen LogP contribution is 2.06. The van der Waals surface area contributed by atoms with Crippen LogP contribution >= 0.6 is 0 Å². The van der Waals surface area contributed by atoms with E-state index in [0.717, 1.165) is 12.1 Å². The molecule has 0 bridgehead atoms. The molecule has 5 nitrogen and oxygen atoms in total. The van der Waals surface area contributed by atoms with Crippen molar-refractivity contribution in [3.8, 4) is 0 Å². The van der Waals surface area contributed by atoms with Crippen molar-refractivity contribution in [3.63, 3.8) is 0 Å². The third-order valence-electron chi connectivity index (χ3n) is 2.87. The molecule has 0 aliphatic heterocycles. The Labute approximate surface area is 118 Å². The molecule has 1 aromatic heterocycles. The molecule has 0 radical (unpaired) electrons. The van der Waals surface area contributed by atoms with Crippen molar-refractivity contribution >= 4 is 5.91 Å². The van der Waals surface area contributed by atoms with Gasteiger partial charge >= 0.3 is 0 Å². The van der Waals surface area contributed by atoms with Crippen molar-refractivity contribution < 1.29 is 9.53 Å². The van der Waals surface area contributed by atoms with E-state index >= 15 is 0 Å². The summed E-state index contributed by atoms with van der Waals surface area (Å²) in [6, 6.07) is 8.16. The molecule has 2 aromatic rings. The zero-order chi connectivity index (χ0) is 14.2. The third kappa shape index (κ3) is 4.51. The zero-order valence-corrected chi connectivity index (χ0v) is 11.6. The van der Waals surface area contributed by atoms with E-state index in [1.165, 1.54) is 5.56 Å². The molecule has 0 saturated heterocycles. The molecule has 0 spiro atoms. The summed E-state index contributed by atoms with van der Waals surface area (Å²) >= 11 is 0. The maximum Gasteiger partial charge on any atom is 0.246 e. The Morgan fingerprint density at radius 1 is 1.30 bits per heavy atom. The Balaban J connectivity index is 1.81. The lowest BCUT2D eigenvalue weighted by molar-refractivity contribution is -0.125. The molecule has 1 amide bonds. The lowest BCUT2D eigenvalue weighted by Crippen LogP contribution is -2.27. The van der Waals surface area contributed by atoms with Gasteiger partial charge in [-0.3, -0.25) is 4.79 Å². The Morgan fingerprint density at radius 3 is 2.70 bits per heavy atom. The third-order valence-corrected chi connectivity index (χ3v) is 2.87. The molecule has 0 fully saturated rings. The van der Waals surface area contributed by atoms with E-state index in [2.05, 4.69) is 22.4 Å². The number of hydrogen-bond donors (Lipinski definition) is 1. The van der Waals surface area contributed by atoms with Crippen molar-refractivity contribution in [1.82, 2.24) is 14.9 Å². The van der Waals surface area contributed by atoms with Crippen molar-refractivity contribution in [2.75, 3.05) is 13.2 Å². The number of nitrogens with one attached hydrogen (secondary N) is 1. The van der Waals surface area contributed by atoms with Gasteiger partial charge in [0.1, 0.15) is 6.61 Å². The van der Waals surface area contributed by atoms with Crippen LogP contribution in [0.4, 0.5) is 0 Å². The lowest BCUT2D eigenvalue weighted by atomic mass is 10.1. The Hall–Kier alpha value is -2.14. The van der Waals surface area contributed by atoms with Crippen LogP contribution in [0.1, 0.15) is 18.1 Å². The molecule has 1 aromatic carbocycles. The monoisotopic (exact) mass is 273 g/mol. The van der Waals surface area contributed by atoms with Crippen LogP contribution in [0.3, 0.4) is 0 Å². The second kappa shape index (κ2) is 7.45. The number of nitrogens with zero attached hydrogens (tertiary/aromatic N) is 2. The number of rotatable bonds is 7. The first-order chi connectivity index (χ1) is 9.78. The fourth-order valence-electron chi connectivity index (χ4n) is 1.80. The summed E-state index contributed by atoms with van der Waals surface area (Å²) in [4.78, 5) is 15.4. The predicted molar refractivity (Wildman–Crippen MR) is 76.1 cm³/mol. The minimum Gasteiger partial charge on any atom is -0.372 e. The van der Waals surface area contributed by atoms with E-state index < -0.39 is 0 Å². The van der Waals surface area contributed by atoms with Crippen LogP contribution in [0.15, 0.2) is 43.0 Å². The minimum absolute atomic E-state index is 0.0886. The van der Waals surface area contributed by atoms with Gasteiger partial charge in [-0.15, -0.1) is 0 Å². The number of imidazole rings is 1. The summed E-state index contributed by atoms with van der Waals surface area (Å²) in [5.41, 5.74) is 2.27. The number of carbonyl (C=O) groups is 1. The highest BCUT2D eigenvalue weighted by Gasteiger charge is 2.01. The summed E-state index contributed by atoms with van der Waals surface area (Å²) in [5, 5.41) is 2.82. The highest BCUT2D eigenvalue weighted by atomic mass is 16.5. The van der Waals surface area contributed by atoms with Crippen molar-refractivity contribution in [1.29, 1.82) is 0 Å². The molecular formula is C15H19N3O2. The first-order valence-corrected chi connectivity index (χ1v) is 6.66. The normalized spacial score (nSPS) is 10.4. The quantitative estimate of drug-likeness (QED) is 0.833. The van der Waals surface area contributed by atoms with Crippen LogP contribution in [0.5, 0.6) is 0 Å². The van der Waals surface area contributed by atoms with Crippen molar-refractivity contribution in [2.45, 2.75) is 20.0 Å². The first-order valence-electron chi connectivity index (χ1n) is 6.66. The SMILES string of the molecule is CCOCC(=O)NCc1ccc(Cn2ccnc2)cc1. The Kier molecular flexibility index (Phi) is 5.32. The summed E-state index contributed by atoms with van der Waals surface area (Å²) in [7, 11) is 0. The van der Waals surface area contributed by atoms with E-state index in [4.69, 9.17) is 4.74 Å². The average molecular weight is 273 g/mol. The smallest absolute Gasteiger partial charge is 0.246 e. The molecule has 0 unspecified atom stereocenters. The van der Waals surface area contributed by atoms with Gasteiger partial charge in [-0.1, -0.05) is 24.3 Å². The molecule has 0 aliphatic carbocycles. The van der Waals surface area contributed by atoms with E-state index in [1.807, 2.05) is 29.8 Å². The van der Waals surface area contributed by atoms with E-state index in [1.54, 1.807) is 12.5 Å². The fourth-order valence-corrected chi connectivity index (χ4v) is 1.80. The molecule has 0 aliphatic rings. The number of ether oxygens (including phenoxy) is 1. The molecule has 20 heavy (non-hydrogen) atoms. The largest absolute Gasteiger partial charge is 0.372 e. The number of carbonyl (C=O) groups excluding carboxylic acids is 1. The number of amides is 1. The van der Waals surface area contributed by atoms with Crippen LogP contribution in [0.25, 0.3) is 0 Å². The van der Waals surface area contributed by atoms with Crippen molar-refractivity contribution in [3.05, 3.63) is 54.1 Å². The summed E-state index contributed by atoms with van der Waals surface area (Å²) < 4.78 is 7.05. The molecular weight excluding hydrogens is 254 g/mol. The Morgan fingerprint density at radius 2 is 2.05 bits per heavy atom. The van der Waals surface area contributed by atoms with E-state index in [0.29, 0.717) is 13.2 Å². The maximum absolute atomic E-state index is 11.4. The van der Waals surface area contributed by atoms with E-state index in [9.17, 15) is 4.79 Å². The van der Waals surface area contributed by atoms with Gasteiger partial charge in [0.05, 0.1) is 6.33 Å². The van der Waals surface area contributed by atoms with E-state index in [-0.39, 0.29) is 12.5 Å². The van der Waals surface area contributed by atoms with Crippen LogP contribution in [-0.2, 0) is 22.6 Å². The van der Waals surface area contributed by atoms with Crippen LogP contribution in [0.2, 0.25) is 0 Å². The molecule has 1 N–H and O–H groups in total. The second-order valence-electron chi connectivity index (χ2n) is 4.47. The van der Waals surface area contributed by atoms with Gasteiger partial charge in [-0.25, -0.2) is 4.98 Å². The van der Waals surface area contributed by atoms with Gasteiger partial charge in [0.2, 0.25) is 5.91 Å². The van der Waals surface area contributed by atoms with Gasteiger partial charge in [0.15, 0.2) is 0 Å². The summed E-state index contributed by atoms with van der Waals surface area (Å²) in [6.07, 6.45) is 5.49. The zero-order valence-electron chi connectivity index (χ0n) is 11.6. The van der Waals surface area contributed by atoms with Crippen LogP contribution < -0.4 is 5.32 Å². The number of aromatic nitrogens is 2. The molecule has 1 heterocycles. The maximum atomic E-state index is 11.4. The predicted octanol–water partition coefficient (Wildman–Crippen LogP) is 1.58. The fraction of sp³-hybridized carbons (Fsp3) is 0.333. The molecule has 2 rings (SSSR count). The first kappa shape index (κ1) is 14.3. The highest BCUT2D eigenvalue weighted by molar-refractivity contribution is 5.77. The summed E-state index contributed by atoms with van der Waals surface area (Å²) in [6.45, 7) is 3.87. The number of benzene rings is 1. The van der Waals surface area contributed by atoms with Gasteiger partial charge in [-0.05, 0) is 18.1 Å². The van der Waals surface area contributed by atoms with Crippen molar-refractivity contribution in [2.24, 2.45) is 0 Å². The lowest BCUT2D eigenvalue weighted by Gasteiger charge is -2.07. The van der Waals surface area contributed by atoms with Gasteiger partial charge in [-0.2, -0.15) is 0 Å². The van der Waals surface area contributed by atoms with Gasteiger partial charge in [0, 0.05) is 32.1 Å². The molecule has 0 atom stereocenters. The van der Waals surface area contributed by atoms with Crippen LogP contribution in [0, 0.1) is 0 Å². The molecule has 5 heteroatoms. The molecule has 0 saturated carbocycles. The minimum atomic E-state index is -0.0886. The van der Waals surface area contributed by atoms with Gasteiger partial charge < -0.3 is 14.6 Å². The summed E-state index contributed by atoms with van der Waals surface area (Å²) in [5.74, 6) is -0.0886. The van der Waals surface area contributed by atoms with Gasteiger partial charge in [0.25, 0.3) is 0 Å². The standard InChI is InChI=1S/C15H19N3O2/c1-2-20-11-15(19)17-9-13-3-5-14(6-4-13)10-18-8-7-16-12-18/h3-8,12H,2,9-11H2,1H3,(H,17,19). The average Bonchev–Trinajstić information content (AvgIpc) is 2.97. The topological polar surface area (TPSA) is 56.1 Å². The second-order valence-corrected chi connectivity index (χ2v) is 4.47. The number of hydrogen-bond acceptors (Lipinski definition) is 3. The molecule has 106 valence electrons. The van der Waals surface area contributed by atoms with Crippen LogP contribution in [-0.4, -0.2) is 28.7 Å².